The highest BCUT2D eigenvalue weighted by Gasteiger charge is 2.26. The number of aromatic nitrogens is 2. The Morgan fingerprint density at radius 2 is 1.72 bits per heavy atom. The fourth-order valence-electron chi connectivity index (χ4n) is 5.06. The van der Waals surface area contributed by atoms with Crippen LogP contribution < -0.4 is 0 Å². The number of benzene rings is 1. The summed E-state index contributed by atoms with van der Waals surface area (Å²) >= 11 is 0. The van der Waals surface area contributed by atoms with Crippen LogP contribution in [0.3, 0.4) is 0 Å². The Hall–Kier alpha value is -2.18. The van der Waals surface area contributed by atoms with Crippen molar-refractivity contribution in [3.8, 4) is 5.69 Å². The molecule has 2 fully saturated rings. The van der Waals surface area contributed by atoms with E-state index in [9.17, 15) is 4.79 Å². The van der Waals surface area contributed by atoms with Crippen molar-refractivity contribution >= 4 is 5.91 Å². The van der Waals surface area contributed by atoms with Crippen LogP contribution >= 0.6 is 0 Å². The Morgan fingerprint density at radius 3 is 2.44 bits per heavy atom. The number of carbonyl (C=O) groups is 1. The fraction of sp³-hybridized carbons (Fsp3) is 0.615. The van der Waals surface area contributed by atoms with E-state index < -0.39 is 0 Å². The molecule has 1 saturated carbocycles. The number of para-hydroxylation sites is 1. The van der Waals surface area contributed by atoms with E-state index in [0.717, 1.165) is 69.9 Å². The zero-order valence-corrected chi connectivity index (χ0v) is 19.7. The van der Waals surface area contributed by atoms with Crippen molar-refractivity contribution in [2.24, 2.45) is 5.92 Å². The molecular formula is C26H39N5O. The maximum absolute atomic E-state index is 13.6. The first-order valence-electron chi connectivity index (χ1n) is 12.5. The van der Waals surface area contributed by atoms with Crippen LogP contribution in [-0.2, 0) is 11.3 Å². The van der Waals surface area contributed by atoms with Gasteiger partial charge in [0.2, 0.25) is 5.91 Å². The molecule has 1 aliphatic carbocycles. The predicted octanol–water partition coefficient (Wildman–Crippen LogP) is 3.81. The number of piperazine rings is 1. The summed E-state index contributed by atoms with van der Waals surface area (Å²) in [7, 11) is 2.19. The summed E-state index contributed by atoms with van der Waals surface area (Å²) in [6.45, 7) is 7.07. The number of amides is 1. The van der Waals surface area contributed by atoms with Gasteiger partial charge in [-0.2, -0.15) is 5.10 Å². The van der Waals surface area contributed by atoms with E-state index in [-0.39, 0.29) is 5.92 Å². The molecule has 1 saturated heterocycles. The van der Waals surface area contributed by atoms with E-state index in [4.69, 9.17) is 0 Å². The van der Waals surface area contributed by atoms with Gasteiger partial charge in [0, 0.05) is 44.8 Å². The normalized spacial score (nSPS) is 19.0. The minimum atomic E-state index is 0.189. The fourth-order valence-corrected chi connectivity index (χ4v) is 5.06. The highest BCUT2D eigenvalue weighted by atomic mass is 16.2. The van der Waals surface area contributed by atoms with Crippen LogP contribution in [0.15, 0.2) is 42.6 Å². The number of likely N-dealkylation sites (N-methyl/N-ethyl adjacent to an activating group) is 1. The van der Waals surface area contributed by atoms with Gasteiger partial charge in [-0.3, -0.25) is 4.79 Å². The van der Waals surface area contributed by atoms with E-state index in [0.29, 0.717) is 12.5 Å². The molecule has 2 heterocycles. The average Bonchev–Trinajstić information content (AvgIpc) is 3.11. The van der Waals surface area contributed by atoms with Crippen LogP contribution in [0.2, 0.25) is 0 Å². The second kappa shape index (κ2) is 11.6. The Balaban J connectivity index is 1.44. The Morgan fingerprint density at radius 1 is 1.00 bits per heavy atom. The van der Waals surface area contributed by atoms with Gasteiger partial charge in [-0.15, -0.1) is 0 Å². The molecule has 6 nitrogen and oxygen atoms in total. The Bertz CT molecular complexity index is 820. The zero-order chi connectivity index (χ0) is 22.2. The number of nitrogens with zero attached hydrogens (tertiary/aromatic N) is 5. The number of rotatable bonds is 8. The topological polar surface area (TPSA) is 44.6 Å². The Labute approximate surface area is 193 Å². The SMILES string of the molecule is CN1CCN(CCCN(Cc2ccnn2-c2ccccc2)C(=O)C2CCCCCC2)CC1. The molecule has 1 aliphatic heterocycles. The van der Waals surface area contributed by atoms with E-state index in [1.807, 2.05) is 29.1 Å². The third-order valence-corrected chi connectivity index (χ3v) is 7.09. The van der Waals surface area contributed by atoms with Crippen molar-refractivity contribution in [2.45, 2.75) is 51.5 Å². The summed E-state index contributed by atoms with van der Waals surface area (Å²) in [5.41, 5.74) is 2.13. The molecule has 32 heavy (non-hydrogen) atoms. The van der Waals surface area contributed by atoms with E-state index in [1.165, 1.54) is 25.7 Å². The minimum absolute atomic E-state index is 0.189. The number of carbonyl (C=O) groups excluding carboxylic acids is 1. The van der Waals surface area contributed by atoms with Crippen molar-refractivity contribution in [2.75, 3.05) is 46.3 Å². The summed E-state index contributed by atoms with van der Waals surface area (Å²) in [4.78, 5) is 20.7. The van der Waals surface area contributed by atoms with Crippen molar-refractivity contribution in [1.82, 2.24) is 24.5 Å². The van der Waals surface area contributed by atoms with Crippen LogP contribution in [0, 0.1) is 5.92 Å². The second-order valence-corrected chi connectivity index (χ2v) is 9.52. The van der Waals surface area contributed by atoms with Crippen molar-refractivity contribution < 1.29 is 4.79 Å². The lowest BCUT2D eigenvalue weighted by Gasteiger charge is -2.33. The van der Waals surface area contributed by atoms with E-state index >= 15 is 0 Å². The molecule has 0 radical (unpaired) electrons. The minimum Gasteiger partial charge on any atom is -0.337 e. The first-order valence-corrected chi connectivity index (χ1v) is 12.5. The summed E-state index contributed by atoms with van der Waals surface area (Å²) in [5, 5.41) is 4.55. The summed E-state index contributed by atoms with van der Waals surface area (Å²) in [6, 6.07) is 12.3. The van der Waals surface area contributed by atoms with Gasteiger partial charge in [-0.1, -0.05) is 43.9 Å². The molecule has 6 heteroatoms. The Kier molecular flexibility index (Phi) is 8.35. The van der Waals surface area contributed by atoms with Crippen LogP contribution in [-0.4, -0.2) is 76.7 Å². The maximum atomic E-state index is 13.6. The smallest absolute Gasteiger partial charge is 0.226 e. The summed E-state index contributed by atoms with van der Waals surface area (Å²) in [5.74, 6) is 0.542. The molecule has 0 bridgehead atoms. The van der Waals surface area contributed by atoms with Gasteiger partial charge in [0.25, 0.3) is 0 Å². The van der Waals surface area contributed by atoms with Crippen LogP contribution in [0.1, 0.15) is 50.6 Å². The van der Waals surface area contributed by atoms with Gasteiger partial charge in [0.15, 0.2) is 0 Å². The molecule has 4 rings (SSSR count). The highest BCUT2D eigenvalue weighted by molar-refractivity contribution is 5.78. The maximum Gasteiger partial charge on any atom is 0.226 e. The monoisotopic (exact) mass is 437 g/mol. The van der Waals surface area contributed by atoms with E-state index in [2.05, 4.69) is 45.0 Å². The number of hydrogen-bond donors (Lipinski definition) is 0. The lowest BCUT2D eigenvalue weighted by Crippen LogP contribution is -2.45. The quantitative estimate of drug-likeness (QED) is 0.589. The third kappa shape index (κ3) is 6.20. The molecule has 2 aromatic rings. The summed E-state index contributed by atoms with van der Waals surface area (Å²) in [6.07, 6.45) is 9.89. The molecule has 1 aromatic heterocycles. The van der Waals surface area contributed by atoms with Gasteiger partial charge in [-0.05, 0) is 51.1 Å². The van der Waals surface area contributed by atoms with Crippen LogP contribution in [0.25, 0.3) is 5.69 Å². The molecule has 2 aliphatic rings. The standard InChI is InChI=1S/C26H39N5O/c1-28-18-20-29(21-19-28)16-9-17-30(26(32)23-10-5-2-3-6-11-23)22-25-14-15-27-31(25)24-12-7-4-8-13-24/h4,7-8,12-15,23H,2-3,5-6,9-11,16-22H2,1H3. The van der Waals surface area contributed by atoms with Crippen molar-refractivity contribution in [3.05, 3.63) is 48.3 Å². The van der Waals surface area contributed by atoms with Crippen LogP contribution in [0.4, 0.5) is 0 Å². The van der Waals surface area contributed by atoms with E-state index in [1.54, 1.807) is 0 Å². The molecule has 0 unspecified atom stereocenters. The van der Waals surface area contributed by atoms with Gasteiger partial charge >= 0.3 is 0 Å². The zero-order valence-electron chi connectivity index (χ0n) is 19.7. The summed E-state index contributed by atoms with van der Waals surface area (Å²) < 4.78 is 1.98. The predicted molar refractivity (Wildman–Crippen MR) is 129 cm³/mol. The highest BCUT2D eigenvalue weighted by Crippen LogP contribution is 2.26. The lowest BCUT2D eigenvalue weighted by molar-refractivity contribution is -0.136. The molecular weight excluding hydrogens is 398 g/mol. The van der Waals surface area contributed by atoms with Gasteiger partial charge < -0.3 is 14.7 Å². The van der Waals surface area contributed by atoms with Gasteiger partial charge in [0.05, 0.1) is 17.9 Å². The average molecular weight is 438 g/mol. The molecule has 174 valence electrons. The molecule has 0 atom stereocenters. The molecule has 0 spiro atoms. The van der Waals surface area contributed by atoms with Gasteiger partial charge in [0.1, 0.15) is 0 Å². The first kappa shape index (κ1) is 23.0. The van der Waals surface area contributed by atoms with Gasteiger partial charge in [-0.25, -0.2) is 4.68 Å². The largest absolute Gasteiger partial charge is 0.337 e. The van der Waals surface area contributed by atoms with Crippen molar-refractivity contribution in [3.63, 3.8) is 0 Å². The number of hydrogen-bond acceptors (Lipinski definition) is 4. The van der Waals surface area contributed by atoms with Crippen molar-refractivity contribution in [1.29, 1.82) is 0 Å². The van der Waals surface area contributed by atoms with Crippen LogP contribution in [0.5, 0.6) is 0 Å². The first-order chi connectivity index (χ1) is 15.7. The lowest BCUT2D eigenvalue weighted by atomic mass is 9.98. The second-order valence-electron chi connectivity index (χ2n) is 9.52. The molecule has 0 N–H and O–H groups in total. The third-order valence-electron chi connectivity index (χ3n) is 7.09. The molecule has 1 aromatic carbocycles. The molecule has 1 amide bonds.